The lowest BCUT2D eigenvalue weighted by molar-refractivity contribution is 0.169. The van der Waals surface area contributed by atoms with E-state index in [1.165, 1.54) is 12.0 Å². The van der Waals surface area contributed by atoms with Gasteiger partial charge >= 0.3 is 6.03 Å². The van der Waals surface area contributed by atoms with Gasteiger partial charge in [-0.15, -0.1) is 10.2 Å². The van der Waals surface area contributed by atoms with Gasteiger partial charge in [-0.3, -0.25) is 4.40 Å². The molecule has 1 saturated heterocycles. The molecule has 1 aromatic carbocycles. The second-order valence-corrected chi connectivity index (χ2v) is 8.41. The first-order valence-electron chi connectivity index (χ1n) is 10.6. The monoisotopic (exact) mass is 389 g/mol. The fourth-order valence-corrected chi connectivity index (χ4v) is 4.80. The second-order valence-electron chi connectivity index (χ2n) is 8.41. The van der Waals surface area contributed by atoms with E-state index in [0.717, 1.165) is 56.8 Å². The number of nitrogens with zero attached hydrogens (tertiary/aromatic N) is 4. The van der Waals surface area contributed by atoms with Gasteiger partial charge in [-0.25, -0.2) is 4.79 Å². The molecule has 0 unspecified atom stereocenters. The quantitative estimate of drug-likeness (QED) is 0.739. The van der Waals surface area contributed by atoms with Crippen molar-refractivity contribution in [3.8, 4) is 0 Å². The fourth-order valence-electron chi connectivity index (χ4n) is 4.80. The van der Waals surface area contributed by atoms with E-state index in [0.29, 0.717) is 5.92 Å². The number of nitrogens with one attached hydrogen (secondary N) is 1. The van der Waals surface area contributed by atoms with Gasteiger partial charge < -0.3 is 10.2 Å². The van der Waals surface area contributed by atoms with Crippen molar-refractivity contribution in [1.82, 2.24) is 24.8 Å². The van der Waals surface area contributed by atoms with Gasteiger partial charge in [0.05, 0.1) is 0 Å². The molecule has 2 amide bonds. The third kappa shape index (κ3) is 3.37. The standard InChI is InChI=1S/C23H27N5O/c29-22(24-17-23(12-6-13-23)19-7-2-1-3-8-19)27-15-10-18(11-16-27)21-26-25-20-9-4-5-14-28(20)21/h1-5,7-9,14,18H,6,10-13,15-17H2,(H,24,29). The molecule has 2 aromatic heterocycles. The van der Waals surface area contributed by atoms with Crippen LogP contribution in [0.4, 0.5) is 4.79 Å². The van der Waals surface area contributed by atoms with Crippen molar-refractivity contribution < 1.29 is 4.79 Å². The molecule has 2 aliphatic rings. The second kappa shape index (κ2) is 7.50. The Labute approximate surface area is 170 Å². The minimum Gasteiger partial charge on any atom is -0.337 e. The maximum atomic E-state index is 12.8. The average molecular weight is 390 g/mol. The predicted octanol–water partition coefficient (Wildman–Crippen LogP) is 3.74. The van der Waals surface area contributed by atoms with Gasteiger partial charge in [-0.1, -0.05) is 42.8 Å². The molecule has 5 rings (SSSR count). The number of hydrogen-bond donors (Lipinski definition) is 1. The number of likely N-dealkylation sites (tertiary alicyclic amines) is 1. The van der Waals surface area contributed by atoms with E-state index < -0.39 is 0 Å². The third-order valence-corrected chi connectivity index (χ3v) is 6.76. The van der Waals surface area contributed by atoms with Gasteiger partial charge in [-0.2, -0.15) is 0 Å². The van der Waals surface area contributed by atoms with Crippen LogP contribution in [-0.2, 0) is 5.41 Å². The molecular formula is C23H27N5O. The van der Waals surface area contributed by atoms with E-state index in [9.17, 15) is 4.79 Å². The molecular weight excluding hydrogens is 362 g/mol. The predicted molar refractivity (Wildman–Crippen MR) is 112 cm³/mol. The van der Waals surface area contributed by atoms with Crippen LogP contribution < -0.4 is 5.32 Å². The largest absolute Gasteiger partial charge is 0.337 e. The highest BCUT2D eigenvalue weighted by molar-refractivity contribution is 5.74. The van der Waals surface area contributed by atoms with Gasteiger partial charge in [0.25, 0.3) is 0 Å². The Hall–Kier alpha value is -2.89. The van der Waals surface area contributed by atoms with Crippen LogP contribution in [-0.4, -0.2) is 45.2 Å². The molecule has 0 spiro atoms. The van der Waals surface area contributed by atoms with Crippen LogP contribution in [0.25, 0.3) is 5.65 Å². The minimum atomic E-state index is 0.0664. The van der Waals surface area contributed by atoms with Gasteiger partial charge in [0.15, 0.2) is 5.65 Å². The molecule has 6 nitrogen and oxygen atoms in total. The van der Waals surface area contributed by atoms with Crippen LogP contribution in [0.1, 0.15) is 49.4 Å². The topological polar surface area (TPSA) is 62.5 Å². The Balaban J connectivity index is 1.19. The van der Waals surface area contributed by atoms with E-state index in [1.807, 2.05) is 29.3 Å². The number of urea groups is 1. The van der Waals surface area contributed by atoms with E-state index >= 15 is 0 Å². The number of amides is 2. The zero-order valence-corrected chi connectivity index (χ0v) is 16.6. The minimum absolute atomic E-state index is 0.0664. The van der Waals surface area contributed by atoms with Crippen LogP contribution in [0, 0.1) is 0 Å². The Bertz CT molecular complexity index is 987. The first-order valence-corrected chi connectivity index (χ1v) is 10.6. The summed E-state index contributed by atoms with van der Waals surface area (Å²) in [6, 6.07) is 16.7. The normalized spacial score (nSPS) is 19.1. The summed E-state index contributed by atoms with van der Waals surface area (Å²) in [5.74, 6) is 1.36. The van der Waals surface area contributed by atoms with Gasteiger partial charge in [0.2, 0.25) is 0 Å². The molecule has 29 heavy (non-hydrogen) atoms. The summed E-state index contributed by atoms with van der Waals surface area (Å²) in [7, 11) is 0. The molecule has 0 atom stereocenters. The van der Waals surface area contributed by atoms with E-state index in [1.54, 1.807) is 0 Å². The van der Waals surface area contributed by atoms with Crippen LogP contribution in [0.15, 0.2) is 54.7 Å². The maximum Gasteiger partial charge on any atom is 0.317 e. The zero-order valence-electron chi connectivity index (χ0n) is 16.6. The lowest BCUT2D eigenvalue weighted by atomic mass is 9.64. The number of fused-ring (bicyclic) bond motifs is 1. The lowest BCUT2D eigenvalue weighted by Gasteiger charge is -2.43. The summed E-state index contributed by atoms with van der Waals surface area (Å²) in [5.41, 5.74) is 2.36. The molecule has 0 radical (unpaired) electrons. The van der Waals surface area contributed by atoms with Crippen LogP contribution in [0.3, 0.4) is 0 Å². The Morgan fingerprint density at radius 1 is 1.03 bits per heavy atom. The summed E-state index contributed by atoms with van der Waals surface area (Å²) in [6.45, 7) is 2.25. The first-order chi connectivity index (χ1) is 14.3. The maximum absolute atomic E-state index is 12.8. The van der Waals surface area contributed by atoms with Crippen molar-refractivity contribution in [2.45, 2.75) is 43.4 Å². The molecule has 3 heterocycles. The Morgan fingerprint density at radius 2 is 1.79 bits per heavy atom. The number of carbonyl (C=O) groups excluding carboxylic acids is 1. The van der Waals surface area contributed by atoms with Gasteiger partial charge in [0.1, 0.15) is 5.82 Å². The number of pyridine rings is 1. The van der Waals surface area contributed by atoms with E-state index in [4.69, 9.17) is 0 Å². The van der Waals surface area contributed by atoms with Crippen molar-refractivity contribution in [2.75, 3.05) is 19.6 Å². The highest BCUT2D eigenvalue weighted by Gasteiger charge is 2.39. The fraction of sp³-hybridized carbons (Fsp3) is 0.435. The molecule has 1 saturated carbocycles. The Kier molecular flexibility index (Phi) is 4.70. The summed E-state index contributed by atoms with van der Waals surface area (Å²) in [6.07, 6.45) is 7.41. The average Bonchev–Trinajstić information content (AvgIpc) is 3.18. The van der Waals surface area contributed by atoms with Crippen LogP contribution in [0.2, 0.25) is 0 Å². The third-order valence-electron chi connectivity index (χ3n) is 6.76. The van der Waals surface area contributed by atoms with Gasteiger partial charge in [0, 0.05) is 37.2 Å². The van der Waals surface area contributed by atoms with E-state index in [2.05, 4.69) is 50.2 Å². The SMILES string of the molecule is O=C(NCC1(c2ccccc2)CCC1)N1CCC(c2nnc3ccccn23)CC1. The molecule has 2 fully saturated rings. The molecule has 3 aromatic rings. The molecule has 0 bridgehead atoms. The smallest absolute Gasteiger partial charge is 0.317 e. The number of aromatic nitrogens is 3. The van der Waals surface area contributed by atoms with Crippen molar-refractivity contribution in [3.05, 3.63) is 66.1 Å². The van der Waals surface area contributed by atoms with Gasteiger partial charge in [-0.05, 0) is 43.4 Å². The lowest BCUT2D eigenvalue weighted by Crippen LogP contribution is -2.50. The van der Waals surface area contributed by atoms with Crippen molar-refractivity contribution >= 4 is 11.7 Å². The van der Waals surface area contributed by atoms with Crippen LogP contribution in [0.5, 0.6) is 0 Å². The van der Waals surface area contributed by atoms with Crippen molar-refractivity contribution in [2.24, 2.45) is 0 Å². The highest BCUT2D eigenvalue weighted by atomic mass is 16.2. The van der Waals surface area contributed by atoms with Crippen LogP contribution >= 0.6 is 0 Å². The number of carbonyl (C=O) groups is 1. The molecule has 6 heteroatoms. The molecule has 1 aliphatic carbocycles. The molecule has 1 aliphatic heterocycles. The summed E-state index contributed by atoms with van der Waals surface area (Å²) in [5, 5.41) is 11.9. The number of rotatable bonds is 4. The Morgan fingerprint density at radius 3 is 2.52 bits per heavy atom. The molecule has 150 valence electrons. The van der Waals surface area contributed by atoms with E-state index in [-0.39, 0.29) is 11.4 Å². The van der Waals surface area contributed by atoms with Crippen molar-refractivity contribution in [1.29, 1.82) is 0 Å². The van der Waals surface area contributed by atoms with Crippen molar-refractivity contribution in [3.63, 3.8) is 0 Å². The zero-order chi connectivity index (χ0) is 19.7. The molecule has 1 N–H and O–H groups in total. The number of benzene rings is 1. The first kappa shape index (κ1) is 18.2. The summed E-state index contributed by atoms with van der Waals surface area (Å²) in [4.78, 5) is 14.8. The summed E-state index contributed by atoms with van der Waals surface area (Å²) < 4.78 is 2.07. The number of piperidine rings is 1. The number of hydrogen-bond acceptors (Lipinski definition) is 3. The highest BCUT2D eigenvalue weighted by Crippen LogP contribution is 2.43. The summed E-state index contributed by atoms with van der Waals surface area (Å²) >= 11 is 0.